The van der Waals surface area contributed by atoms with E-state index < -0.39 is 0 Å². The lowest BCUT2D eigenvalue weighted by atomic mass is 9.66. The highest BCUT2D eigenvalue weighted by atomic mass is 16.5. The molecule has 94 valence electrons. The molecular weight excluding hydrogens is 206 g/mol. The maximum atomic E-state index is 12.0. The number of aliphatic hydroxyl groups excluding tert-OH is 1. The Morgan fingerprint density at radius 2 is 2.25 bits per heavy atom. The van der Waals surface area contributed by atoms with Crippen LogP contribution in [0, 0.1) is 5.41 Å². The van der Waals surface area contributed by atoms with E-state index >= 15 is 0 Å². The molecule has 1 saturated carbocycles. The van der Waals surface area contributed by atoms with Crippen molar-refractivity contribution >= 4 is 5.91 Å². The van der Waals surface area contributed by atoms with Gasteiger partial charge in [-0.15, -0.1) is 0 Å². The van der Waals surface area contributed by atoms with Crippen molar-refractivity contribution in [3.8, 4) is 0 Å². The van der Waals surface area contributed by atoms with Crippen molar-refractivity contribution in [2.75, 3.05) is 19.8 Å². The molecule has 2 N–H and O–H groups in total. The van der Waals surface area contributed by atoms with Crippen LogP contribution >= 0.6 is 0 Å². The number of ether oxygens (including phenoxy) is 1. The number of aliphatic hydroxyl groups is 1. The van der Waals surface area contributed by atoms with E-state index in [9.17, 15) is 4.79 Å². The van der Waals surface area contributed by atoms with Crippen LogP contribution in [-0.4, -0.2) is 36.9 Å². The summed E-state index contributed by atoms with van der Waals surface area (Å²) in [4.78, 5) is 12.0. The Morgan fingerprint density at radius 3 is 2.69 bits per heavy atom. The highest BCUT2D eigenvalue weighted by molar-refractivity contribution is 5.83. The first-order valence-electron chi connectivity index (χ1n) is 6.14. The minimum absolute atomic E-state index is 0.00667. The maximum Gasteiger partial charge on any atom is 0.226 e. The van der Waals surface area contributed by atoms with Gasteiger partial charge in [0.25, 0.3) is 0 Å². The van der Waals surface area contributed by atoms with Gasteiger partial charge in [0.15, 0.2) is 0 Å². The van der Waals surface area contributed by atoms with E-state index in [1.165, 1.54) is 0 Å². The molecule has 4 heteroatoms. The SMILES string of the molecule is CCOCCC1(C(=O)NC(C)CO)CCC1. The van der Waals surface area contributed by atoms with Crippen LogP contribution in [0.25, 0.3) is 0 Å². The molecule has 1 rings (SSSR count). The molecule has 1 atom stereocenters. The molecule has 0 aliphatic heterocycles. The van der Waals surface area contributed by atoms with Crippen molar-refractivity contribution in [2.45, 2.75) is 45.6 Å². The van der Waals surface area contributed by atoms with Gasteiger partial charge in [-0.05, 0) is 33.1 Å². The zero-order valence-electron chi connectivity index (χ0n) is 10.3. The summed E-state index contributed by atoms with van der Waals surface area (Å²) >= 11 is 0. The van der Waals surface area contributed by atoms with E-state index in [-0.39, 0.29) is 24.0 Å². The predicted molar refractivity (Wildman–Crippen MR) is 62.1 cm³/mol. The molecule has 4 nitrogen and oxygen atoms in total. The van der Waals surface area contributed by atoms with E-state index in [0.29, 0.717) is 13.2 Å². The second-order valence-electron chi connectivity index (χ2n) is 4.64. The van der Waals surface area contributed by atoms with E-state index in [1.54, 1.807) is 0 Å². The Balaban J connectivity index is 2.41. The normalized spacial score (nSPS) is 19.9. The molecule has 0 aromatic carbocycles. The molecule has 0 spiro atoms. The third kappa shape index (κ3) is 3.19. The average Bonchev–Trinajstić information content (AvgIpc) is 2.21. The van der Waals surface area contributed by atoms with Gasteiger partial charge < -0.3 is 15.2 Å². The lowest BCUT2D eigenvalue weighted by Gasteiger charge is -2.40. The van der Waals surface area contributed by atoms with E-state index in [0.717, 1.165) is 25.7 Å². The van der Waals surface area contributed by atoms with Crippen molar-refractivity contribution in [1.82, 2.24) is 5.32 Å². The average molecular weight is 229 g/mol. The number of hydrogen-bond donors (Lipinski definition) is 2. The fourth-order valence-electron chi connectivity index (χ4n) is 2.03. The zero-order valence-corrected chi connectivity index (χ0v) is 10.3. The number of nitrogens with one attached hydrogen (secondary N) is 1. The topological polar surface area (TPSA) is 58.6 Å². The first kappa shape index (κ1) is 13.5. The van der Waals surface area contributed by atoms with Crippen molar-refractivity contribution in [3.63, 3.8) is 0 Å². The summed E-state index contributed by atoms with van der Waals surface area (Å²) in [5.74, 6) is 0.0833. The quantitative estimate of drug-likeness (QED) is 0.642. The summed E-state index contributed by atoms with van der Waals surface area (Å²) in [7, 11) is 0. The molecule has 1 aliphatic rings. The summed E-state index contributed by atoms with van der Waals surface area (Å²) in [6.07, 6.45) is 3.81. The molecule has 0 radical (unpaired) electrons. The van der Waals surface area contributed by atoms with Crippen molar-refractivity contribution in [2.24, 2.45) is 5.41 Å². The predicted octanol–water partition coefficient (Wildman–Crippen LogP) is 1.08. The Hall–Kier alpha value is -0.610. The highest BCUT2D eigenvalue weighted by Crippen LogP contribution is 2.44. The third-order valence-electron chi connectivity index (χ3n) is 3.37. The zero-order chi connectivity index (χ0) is 12.0. The molecule has 0 aromatic rings. The Morgan fingerprint density at radius 1 is 1.56 bits per heavy atom. The molecule has 1 aliphatic carbocycles. The molecule has 0 bridgehead atoms. The minimum atomic E-state index is -0.224. The van der Waals surface area contributed by atoms with Crippen LogP contribution in [-0.2, 0) is 9.53 Å². The lowest BCUT2D eigenvalue weighted by Crippen LogP contribution is -2.49. The maximum absolute atomic E-state index is 12.0. The van der Waals surface area contributed by atoms with Crippen LogP contribution in [0.3, 0.4) is 0 Å². The first-order valence-corrected chi connectivity index (χ1v) is 6.14. The number of carbonyl (C=O) groups excluding carboxylic acids is 1. The largest absolute Gasteiger partial charge is 0.394 e. The van der Waals surface area contributed by atoms with Crippen LogP contribution in [0.15, 0.2) is 0 Å². The summed E-state index contributed by atoms with van der Waals surface area (Å²) in [5, 5.41) is 11.8. The van der Waals surface area contributed by atoms with Crippen molar-refractivity contribution in [3.05, 3.63) is 0 Å². The molecule has 0 heterocycles. The lowest BCUT2D eigenvalue weighted by molar-refractivity contribution is -0.138. The van der Waals surface area contributed by atoms with Gasteiger partial charge in [-0.2, -0.15) is 0 Å². The van der Waals surface area contributed by atoms with E-state index in [2.05, 4.69) is 5.32 Å². The molecule has 1 amide bonds. The van der Waals surface area contributed by atoms with Crippen LogP contribution < -0.4 is 5.32 Å². The Labute approximate surface area is 97.4 Å². The van der Waals surface area contributed by atoms with Crippen molar-refractivity contribution < 1.29 is 14.6 Å². The fraction of sp³-hybridized carbons (Fsp3) is 0.917. The number of hydrogen-bond acceptors (Lipinski definition) is 3. The van der Waals surface area contributed by atoms with Crippen LogP contribution in [0.1, 0.15) is 39.5 Å². The monoisotopic (exact) mass is 229 g/mol. The highest BCUT2D eigenvalue weighted by Gasteiger charge is 2.43. The van der Waals surface area contributed by atoms with Gasteiger partial charge in [0.1, 0.15) is 0 Å². The second kappa shape index (κ2) is 6.21. The molecule has 1 unspecified atom stereocenters. The molecule has 0 saturated heterocycles. The molecule has 0 aromatic heterocycles. The number of carbonyl (C=O) groups is 1. The summed E-state index contributed by atoms with van der Waals surface area (Å²) in [5.41, 5.74) is -0.224. The molecular formula is C12H23NO3. The van der Waals surface area contributed by atoms with Crippen molar-refractivity contribution in [1.29, 1.82) is 0 Å². The van der Waals surface area contributed by atoms with Crippen LogP contribution in [0.2, 0.25) is 0 Å². The van der Waals surface area contributed by atoms with Gasteiger partial charge >= 0.3 is 0 Å². The minimum Gasteiger partial charge on any atom is -0.394 e. The summed E-state index contributed by atoms with van der Waals surface area (Å²) in [6.45, 7) is 5.11. The third-order valence-corrected chi connectivity index (χ3v) is 3.37. The van der Waals surface area contributed by atoms with Gasteiger partial charge in [-0.1, -0.05) is 6.42 Å². The summed E-state index contributed by atoms with van der Waals surface area (Å²) < 4.78 is 5.32. The smallest absolute Gasteiger partial charge is 0.226 e. The van der Waals surface area contributed by atoms with Crippen LogP contribution in [0.4, 0.5) is 0 Å². The fourth-order valence-corrected chi connectivity index (χ4v) is 2.03. The van der Waals surface area contributed by atoms with E-state index in [4.69, 9.17) is 9.84 Å². The van der Waals surface area contributed by atoms with Gasteiger partial charge in [-0.25, -0.2) is 0 Å². The first-order chi connectivity index (χ1) is 7.64. The van der Waals surface area contributed by atoms with Gasteiger partial charge in [-0.3, -0.25) is 4.79 Å². The second-order valence-corrected chi connectivity index (χ2v) is 4.64. The number of rotatable bonds is 7. The summed E-state index contributed by atoms with van der Waals surface area (Å²) in [6, 6.07) is -0.155. The molecule has 1 fully saturated rings. The van der Waals surface area contributed by atoms with Gasteiger partial charge in [0, 0.05) is 19.3 Å². The Kier molecular flexibility index (Phi) is 5.22. The van der Waals surface area contributed by atoms with Gasteiger partial charge in [0.05, 0.1) is 12.0 Å². The van der Waals surface area contributed by atoms with E-state index in [1.807, 2.05) is 13.8 Å². The molecule has 16 heavy (non-hydrogen) atoms. The van der Waals surface area contributed by atoms with Gasteiger partial charge in [0.2, 0.25) is 5.91 Å². The standard InChI is InChI=1S/C12H23NO3/c1-3-16-8-7-12(5-4-6-12)11(15)13-10(2)9-14/h10,14H,3-9H2,1-2H3,(H,13,15). The van der Waals surface area contributed by atoms with Crippen LogP contribution in [0.5, 0.6) is 0 Å². The number of amides is 1. The Bertz CT molecular complexity index is 226.